The van der Waals surface area contributed by atoms with E-state index in [1.165, 1.54) is 23.0 Å². The van der Waals surface area contributed by atoms with E-state index >= 15 is 0 Å². The van der Waals surface area contributed by atoms with Gasteiger partial charge in [0.05, 0.1) is 6.04 Å². The summed E-state index contributed by atoms with van der Waals surface area (Å²) >= 11 is 0. The van der Waals surface area contributed by atoms with E-state index in [1.54, 1.807) is 6.07 Å². The Labute approximate surface area is 118 Å². The van der Waals surface area contributed by atoms with E-state index in [-0.39, 0.29) is 11.9 Å². The quantitative estimate of drug-likeness (QED) is 0.841. The Morgan fingerprint density at radius 2 is 2.20 bits per heavy atom. The van der Waals surface area contributed by atoms with E-state index in [0.29, 0.717) is 5.69 Å². The van der Waals surface area contributed by atoms with Crippen molar-refractivity contribution in [1.29, 1.82) is 0 Å². The molecule has 1 amide bonds. The average molecular weight is 270 g/mol. The zero-order valence-corrected chi connectivity index (χ0v) is 11.8. The summed E-state index contributed by atoms with van der Waals surface area (Å²) in [6.07, 6.45) is 3.48. The fraction of sp³-hybridized carbons (Fsp3) is 0.375. The molecule has 0 bridgehead atoms. The SMILES string of the molecule is Cc1ccc(C)c(C2CCCN2C(=O)c2ccon2)c1. The van der Waals surface area contributed by atoms with Crippen molar-refractivity contribution in [3.63, 3.8) is 0 Å². The lowest BCUT2D eigenvalue weighted by Crippen LogP contribution is -2.31. The Hall–Kier alpha value is -2.10. The molecular weight excluding hydrogens is 252 g/mol. The summed E-state index contributed by atoms with van der Waals surface area (Å²) in [5, 5.41) is 3.76. The lowest BCUT2D eigenvalue weighted by molar-refractivity contribution is 0.0724. The number of rotatable bonds is 2. The van der Waals surface area contributed by atoms with Crippen LogP contribution >= 0.6 is 0 Å². The van der Waals surface area contributed by atoms with E-state index in [2.05, 4.69) is 37.2 Å². The predicted octanol–water partition coefficient (Wildman–Crippen LogP) is 3.27. The molecule has 1 aromatic heterocycles. The van der Waals surface area contributed by atoms with Crippen molar-refractivity contribution in [2.75, 3.05) is 6.54 Å². The normalized spacial score (nSPS) is 18.5. The molecule has 0 aliphatic carbocycles. The van der Waals surface area contributed by atoms with E-state index < -0.39 is 0 Å². The molecule has 1 saturated heterocycles. The third kappa shape index (κ3) is 2.22. The summed E-state index contributed by atoms with van der Waals surface area (Å²) in [5.74, 6) is -0.0397. The fourth-order valence-electron chi connectivity index (χ4n) is 2.92. The van der Waals surface area contributed by atoms with Gasteiger partial charge in [-0.1, -0.05) is 28.9 Å². The van der Waals surface area contributed by atoms with Gasteiger partial charge in [-0.15, -0.1) is 0 Å². The van der Waals surface area contributed by atoms with E-state index in [9.17, 15) is 4.79 Å². The first-order valence-corrected chi connectivity index (χ1v) is 6.95. The summed E-state index contributed by atoms with van der Waals surface area (Å²) < 4.78 is 4.78. The summed E-state index contributed by atoms with van der Waals surface area (Å²) in [5.41, 5.74) is 4.10. The Morgan fingerprint density at radius 1 is 1.35 bits per heavy atom. The first-order chi connectivity index (χ1) is 9.66. The molecule has 1 aliphatic rings. The molecule has 1 unspecified atom stereocenters. The van der Waals surface area contributed by atoms with Gasteiger partial charge >= 0.3 is 0 Å². The van der Waals surface area contributed by atoms with Gasteiger partial charge in [0.15, 0.2) is 5.69 Å². The number of nitrogens with zero attached hydrogens (tertiary/aromatic N) is 2. The van der Waals surface area contributed by atoms with Gasteiger partial charge in [0, 0.05) is 12.6 Å². The highest BCUT2D eigenvalue weighted by molar-refractivity contribution is 5.92. The Balaban J connectivity index is 1.93. The van der Waals surface area contributed by atoms with Crippen molar-refractivity contribution in [3.8, 4) is 0 Å². The molecule has 1 fully saturated rings. The number of likely N-dealkylation sites (tertiary alicyclic amines) is 1. The van der Waals surface area contributed by atoms with Crippen LogP contribution in [0, 0.1) is 13.8 Å². The minimum atomic E-state index is -0.0397. The van der Waals surface area contributed by atoms with Crippen molar-refractivity contribution in [1.82, 2.24) is 10.1 Å². The summed E-state index contributed by atoms with van der Waals surface area (Å²) in [6, 6.07) is 8.20. The molecule has 20 heavy (non-hydrogen) atoms. The minimum absolute atomic E-state index is 0.0397. The van der Waals surface area contributed by atoms with E-state index in [1.807, 2.05) is 4.90 Å². The fourth-order valence-corrected chi connectivity index (χ4v) is 2.92. The highest BCUT2D eigenvalue weighted by Crippen LogP contribution is 2.35. The number of benzene rings is 1. The molecule has 4 heteroatoms. The van der Waals surface area contributed by atoms with Crippen molar-refractivity contribution in [2.24, 2.45) is 0 Å². The Kier molecular flexibility index (Phi) is 3.30. The standard InChI is InChI=1S/C16H18N2O2/c1-11-5-6-12(2)13(10-11)15-4-3-8-18(15)16(19)14-7-9-20-17-14/h5-7,9-10,15H,3-4,8H2,1-2H3. The third-order valence-electron chi connectivity index (χ3n) is 3.96. The molecule has 0 N–H and O–H groups in total. The number of carbonyl (C=O) groups is 1. The number of carbonyl (C=O) groups excluding carboxylic acids is 1. The van der Waals surface area contributed by atoms with Crippen molar-refractivity contribution in [3.05, 3.63) is 52.9 Å². The maximum Gasteiger partial charge on any atom is 0.276 e. The van der Waals surface area contributed by atoms with Gasteiger partial charge in [0.2, 0.25) is 0 Å². The van der Waals surface area contributed by atoms with Crippen molar-refractivity contribution >= 4 is 5.91 Å². The second-order valence-electron chi connectivity index (χ2n) is 5.40. The molecule has 0 spiro atoms. The summed E-state index contributed by atoms with van der Waals surface area (Å²) in [4.78, 5) is 14.4. The predicted molar refractivity (Wildman–Crippen MR) is 75.4 cm³/mol. The summed E-state index contributed by atoms with van der Waals surface area (Å²) in [7, 11) is 0. The maximum atomic E-state index is 12.5. The van der Waals surface area contributed by atoms with Crippen LogP contribution in [0.2, 0.25) is 0 Å². The lowest BCUT2D eigenvalue weighted by Gasteiger charge is -2.25. The highest BCUT2D eigenvalue weighted by atomic mass is 16.5. The smallest absolute Gasteiger partial charge is 0.276 e. The van der Waals surface area contributed by atoms with Gasteiger partial charge in [-0.05, 0) is 37.8 Å². The molecular formula is C16H18N2O2. The third-order valence-corrected chi connectivity index (χ3v) is 3.96. The van der Waals surface area contributed by atoms with E-state index in [0.717, 1.165) is 19.4 Å². The monoisotopic (exact) mass is 270 g/mol. The van der Waals surface area contributed by atoms with Gasteiger partial charge in [-0.3, -0.25) is 4.79 Å². The molecule has 104 valence electrons. The largest absolute Gasteiger partial charge is 0.364 e. The van der Waals surface area contributed by atoms with Crippen LogP contribution in [0.5, 0.6) is 0 Å². The molecule has 2 heterocycles. The van der Waals surface area contributed by atoms with Gasteiger partial charge in [-0.25, -0.2) is 0 Å². The second kappa shape index (κ2) is 5.12. The molecule has 0 radical (unpaired) electrons. The average Bonchev–Trinajstić information content (AvgIpc) is 3.11. The number of hydrogen-bond acceptors (Lipinski definition) is 3. The van der Waals surface area contributed by atoms with Crippen LogP contribution in [-0.2, 0) is 0 Å². The highest BCUT2D eigenvalue weighted by Gasteiger charge is 2.32. The van der Waals surface area contributed by atoms with Crippen LogP contribution in [0.1, 0.15) is 46.1 Å². The summed E-state index contributed by atoms with van der Waals surface area (Å²) in [6.45, 7) is 4.97. The van der Waals surface area contributed by atoms with E-state index in [4.69, 9.17) is 4.52 Å². The van der Waals surface area contributed by atoms with Crippen LogP contribution in [0.15, 0.2) is 35.1 Å². The van der Waals surface area contributed by atoms with Gasteiger partial charge in [0.1, 0.15) is 6.26 Å². The number of aryl methyl sites for hydroxylation is 2. The molecule has 1 aliphatic heterocycles. The van der Waals surface area contributed by atoms with Gasteiger partial charge in [-0.2, -0.15) is 0 Å². The van der Waals surface area contributed by atoms with Crippen LogP contribution in [0.3, 0.4) is 0 Å². The van der Waals surface area contributed by atoms with Crippen LogP contribution in [0.4, 0.5) is 0 Å². The van der Waals surface area contributed by atoms with Crippen LogP contribution in [-0.4, -0.2) is 22.5 Å². The van der Waals surface area contributed by atoms with Gasteiger partial charge in [0.25, 0.3) is 5.91 Å². The zero-order chi connectivity index (χ0) is 14.1. The molecule has 0 saturated carbocycles. The maximum absolute atomic E-state index is 12.5. The Morgan fingerprint density at radius 3 is 2.95 bits per heavy atom. The number of amides is 1. The molecule has 3 rings (SSSR count). The molecule has 1 atom stereocenters. The van der Waals surface area contributed by atoms with Gasteiger partial charge < -0.3 is 9.42 Å². The number of aromatic nitrogens is 1. The minimum Gasteiger partial charge on any atom is -0.364 e. The lowest BCUT2D eigenvalue weighted by atomic mass is 9.97. The molecule has 2 aromatic rings. The Bertz CT molecular complexity index is 619. The molecule has 1 aromatic carbocycles. The number of hydrogen-bond donors (Lipinski definition) is 0. The topological polar surface area (TPSA) is 46.3 Å². The first-order valence-electron chi connectivity index (χ1n) is 6.95. The second-order valence-corrected chi connectivity index (χ2v) is 5.40. The van der Waals surface area contributed by atoms with Crippen LogP contribution < -0.4 is 0 Å². The van der Waals surface area contributed by atoms with Crippen molar-refractivity contribution < 1.29 is 9.32 Å². The van der Waals surface area contributed by atoms with Crippen LogP contribution in [0.25, 0.3) is 0 Å². The molecule has 4 nitrogen and oxygen atoms in total. The first kappa shape index (κ1) is 12.9. The zero-order valence-electron chi connectivity index (χ0n) is 11.8. The van der Waals surface area contributed by atoms with Crippen molar-refractivity contribution in [2.45, 2.75) is 32.7 Å².